The van der Waals surface area contributed by atoms with Crippen LogP contribution in [0.25, 0.3) is 6.08 Å². The maximum absolute atomic E-state index is 13.5. The first-order valence-corrected chi connectivity index (χ1v) is 13.8. The molecule has 0 radical (unpaired) electrons. The molecule has 1 atom stereocenters. The van der Waals surface area contributed by atoms with E-state index in [9.17, 15) is 14.9 Å². The number of methoxy groups -OCH3 is 2. The Morgan fingerprint density at radius 3 is 2.63 bits per heavy atom. The van der Waals surface area contributed by atoms with Crippen LogP contribution in [0.5, 0.6) is 11.5 Å². The molecule has 1 aromatic heterocycles. The number of pyridine rings is 1. The zero-order valence-electron chi connectivity index (χ0n) is 22.4. The Bertz CT molecular complexity index is 1410. The number of carbonyl (C=O) groups excluding carboxylic acids is 1. The summed E-state index contributed by atoms with van der Waals surface area (Å²) in [5.74, 6) is 2.33. The molecule has 0 spiro atoms. The van der Waals surface area contributed by atoms with Gasteiger partial charge in [0.1, 0.15) is 21.8 Å². The summed E-state index contributed by atoms with van der Waals surface area (Å²) in [6.07, 6.45) is 4.55. The highest BCUT2D eigenvalue weighted by molar-refractivity contribution is 8.26. The maximum atomic E-state index is 13.5. The lowest BCUT2D eigenvalue weighted by atomic mass is 9.98. The second-order valence-corrected chi connectivity index (χ2v) is 11.4. The van der Waals surface area contributed by atoms with Crippen LogP contribution in [0, 0.1) is 24.2 Å². The van der Waals surface area contributed by atoms with Crippen molar-refractivity contribution in [1.82, 2.24) is 9.47 Å². The normalized spacial score (nSPS) is 18.7. The van der Waals surface area contributed by atoms with Crippen molar-refractivity contribution in [2.75, 3.05) is 38.8 Å². The number of hydrogen-bond donors (Lipinski definition) is 0. The van der Waals surface area contributed by atoms with Gasteiger partial charge in [0.25, 0.3) is 11.5 Å². The van der Waals surface area contributed by atoms with Crippen LogP contribution in [0.2, 0.25) is 0 Å². The number of rotatable bonds is 7. The van der Waals surface area contributed by atoms with Gasteiger partial charge in [-0.15, -0.1) is 0 Å². The molecule has 3 heterocycles. The van der Waals surface area contributed by atoms with E-state index < -0.39 is 0 Å². The fraction of sp³-hybridized carbons (Fsp3) is 0.429. The Labute approximate surface area is 232 Å². The zero-order chi connectivity index (χ0) is 27.6. The van der Waals surface area contributed by atoms with Gasteiger partial charge in [-0.25, -0.2) is 0 Å². The predicted molar refractivity (Wildman–Crippen MR) is 155 cm³/mol. The first-order valence-electron chi connectivity index (χ1n) is 12.5. The molecule has 2 saturated heterocycles. The molecule has 38 heavy (non-hydrogen) atoms. The van der Waals surface area contributed by atoms with Crippen LogP contribution in [0.3, 0.4) is 0 Å². The molecule has 0 saturated carbocycles. The third kappa shape index (κ3) is 5.31. The minimum atomic E-state index is -0.321. The Morgan fingerprint density at radius 1 is 1.24 bits per heavy atom. The summed E-state index contributed by atoms with van der Waals surface area (Å²) in [5, 5.41) is 9.72. The van der Waals surface area contributed by atoms with Crippen molar-refractivity contribution in [3.8, 4) is 17.6 Å². The summed E-state index contributed by atoms with van der Waals surface area (Å²) < 4.78 is 12.7. The highest BCUT2D eigenvalue weighted by atomic mass is 32.2. The number of piperidine rings is 1. The zero-order valence-corrected chi connectivity index (χ0v) is 24.0. The van der Waals surface area contributed by atoms with Gasteiger partial charge in [0.15, 0.2) is 11.5 Å². The number of nitrogens with zero attached hydrogens (tertiary/aromatic N) is 4. The lowest BCUT2D eigenvalue weighted by molar-refractivity contribution is -0.122. The molecular weight excluding hydrogens is 520 g/mol. The van der Waals surface area contributed by atoms with Crippen LogP contribution in [0.4, 0.5) is 5.82 Å². The Balaban J connectivity index is 1.66. The smallest absolute Gasteiger partial charge is 0.270 e. The van der Waals surface area contributed by atoms with Crippen molar-refractivity contribution in [3.05, 3.63) is 55.7 Å². The number of anilines is 1. The van der Waals surface area contributed by atoms with Gasteiger partial charge in [-0.1, -0.05) is 37.0 Å². The number of nitriles is 1. The highest BCUT2D eigenvalue weighted by Crippen LogP contribution is 2.37. The van der Waals surface area contributed by atoms with E-state index in [2.05, 4.69) is 17.9 Å². The molecule has 2 aliphatic heterocycles. The molecule has 10 heteroatoms. The minimum absolute atomic E-state index is 0.0940. The number of thioether (sulfide) groups is 1. The number of aromatic nitrogens is 1. The van der Waals surface area contributed by atoms with E-state index in [0.717, 1.165) is 42.9 Å². The first kappa shape index (κ1) is 27.7. The quantitative estimate of drug-likeness (QED) is 0.372. The lowest BCUT2D eigenvalue weighted by Gasteiger charge is -2.35. The molecule has 0 aliphatic carbocycles. The standard InChI is InChI=1S/C28H32N4O4S2/c1-17-7-6-11-31(16-17)25-20(18(2)21(15-29)26(33)30(25)3)14-24-27(34)32(28(37)38-24)12-10-19-8-9-22(35-4)23(13-19)36-5/h8-9,13-14,17H,6-7,10-12,16H2,1-5H3/b24-14+. The predicted octanol–water partition coefficient (Wildman–Crippen LogP) is 4.26. The molecule has 4 rings (SSSR count). The molecule has 0 N–H and O–H groups in total. The van der Waals surface area contributed by atoms with Crippen LogP contribution in [-0.2, 0) is 18.3 Å². The summed E-state index contributed by atoms with van der Waals surface area (Å²) in [6, 6.07) is 7.75. The number of amides is 1. The van der Waals surface area contributed by atoms with Crippen molar-refractivity contribution in [3.63, 3.8) is 0 Å². The molecule has 1 aromatic carbocycles. The number of hydrogen-bond acceptors (Lipinski definition) is 8. The molecule has 8 nitrogen and oxygen atoms in total. The molecular formula is C28H32N4O4S2. The largest absolute Gasteiger partial charge is 0.493 e. The van der Waals surface area contributed by atoms with Crippen LogP contribution in [0.1, 0.15) is 42.0 Å². The first-order chi connectivity index (χ1) is 18.2. The summed E-state index contributed by atoms with van der Waals surface area (Å²) in [5.41, 5.74) is 2.07. The minimum Gasteiger partial charge on any atom is -0.493 e. The number of carbonyl (C=O) groups is 1. The maximum Gasteiger partial charge on any atom is 0.270 e. The summed E-state index contributed by atoms with van der Waals surface area (Å²) >= 11 is 6.83. The van der Waals surface area contributed by atoms with Gasteiger partial charge in [-0.3, -0.25) is 19.1 Å². The summed E-state index contributed by atoms with van der Waals surface area (Å²) in [6.45, 7) is 6.02. The third-order valence-electron chi connectivity index (χ3n) is 7.15. The van der Waals surface area contributed by atoms with Gasteiger partial charge in [-0.2, -0.15) is 5.26 Å². The van der Waals surface area contributed by atoms with Crippen LogP contribution in [0.15, 0.2) is 27.9 Å². The van der Waals surface area contributed by atoms with Crippen molar-refractivity contribution in [1.29, 1.82) is 5.26 Å². The van der Waals surface area contributed by atoms with Crippen molar-refractivity contribution in [2.24, 2.45) is 13.0 Å². The van der Waals surface area contributed by atoms with Gasteiger partial charge in [0, 0.05) is 32.2 Å². The second kappa shape index (κ2) is 11.6. The van der Waals surface area contributed by atoms with Crippen LogP contribution >= 0.6 is 24.0 Å². The lowest BCUT2D eigenvalue weighted by Crippen LogP contribution is -2.39. The van der Waals surface area contributed by atoms with E-state index in [-0.39, 0.29) is 17.0 Å². The SMILES string of the molecule is COc1ccc(CCN2C(=O)/C(=C\c3c(C)c(C#N)c(=O)n(C)c3N3CCCC(C)C3)SC2=S)cc1OC. The summed E-state index contributed by atoms with van der Waals surface area (Å²) in [4.78, 5) is 30.8. The number of ether oxygens (including phenoxy) is 2. The molecule has 2 fully saturated rings. The van der Waals surface area contributed by atoms with Gasteiger partial charge in [0.2, 0.25) is 0 Å². The third-order valence-corrected chi connectivity index (χ3v) is 8.52. The molecule has 2 aromatic rings. The van der Waals surface area contributed by atoms with Crippen LogP contribution < -0.4 is 19.9 Å². The average Bonchev–Trinajstić information content (AvgIpc) is 3.17. The number of benzene rings is 1. The second-order valence-electron chi connectivity index (χ2n) is 9.68. The van der Waals surface area contributed by atoms with Crippen molar-refractivity contribution >= 4 is 46.1 Å². The van der Waals surface area contributed by atoms with Gasteiger partial charge in [-0.05, 0) is 61.4 Å². The van der Waals surface area contributed by atoms with E-state index in [4.69, 9.17) is 21.7 Å². The van der Waals surface area contributed by atoms with Crippen molar-refractivity contribution < 1.29 is 14.3 Å². The van der Waals surface area contributed by atoms with E-state index >= 15 is 0 Å². The monoisotopic (exact) mass is 552 g/mol. The Kier molecular flexibility index (Phi) is 8.48. The molecule has 1 unspecified atom stereocenters. The van der Waals surface area contributed by atoms with Gasteiger partial charge in [0.05, 0.1) is 19.1 Å². The molecule has 200 valence electrons. The van der Waals surface area contributed by atoms with Gasteiger partial charge >= 0.3 is 0 Å². The average molecular weight is 553 g/mol. The fourth-order valence-electron chi connectivity index (χ4n) is 5.08. The molecule has 0 bridgehead atoms. The Morgan fingerprint density at radius 2 is 1.97 bits per heavy atom. The fourth-order valence-corrected chi connectivity index (χ4v) is 6.37. The van der Waals surface area contributed by atoms with E-state index in [1.807, 2.05) is 18.2 Å². The van der Waals surface area contributed by atoms with E-state index in [1.54, 1.807) is 43.7 Å². The van der Waals surface area contributed by atoms with Gasteiger partial charge < -0.3 is 14.4 Å². The van der Waals surface area contributed by atoms with E-state index in [0.29, 0.717) is 45.2 Å². The van der Waals surface area contributed by atoms with Crippen LogP contribution in [-0.4, -0.2) is 53.5 Å². The molecule has 2 aliphatic rings. The molecule has 1 amide bonds. The topological polar surface area (TPSA) is 87.8 Å². The highest BCUT2D eigenvalue weighted by Gasteiger charge is 2.33. The van der Waals surface area contributed by atoms with Crippen molar-refractivity contribution in [2.45, 2.75) is 33.1 Å². The Hall–Kier alpha value is -3.29. The summed E-state index contributed by atoms with van der Waals surface area (Å²) in [7, 11) is 4.88. The number of thiocarbonyl (C=S) groups is 1. The van der Waals surface area contributed by atoms with E-state index in [1.165, 1.54) is 11.8 Å².